The Labute approximate surface area is 140 Å². The number of amides is 1. The van der Waals surface area contributed by atoms with Gasteiger partial charge >= 0.3 is 0 Å². The molecule has 0 fully saturated rings. The third-order valence-corrected chi connectivity index (χ3v) is 6.39. The largest absolute Gasteiger partial charge is 0.337 e. The van der Waals surface area contributed by atoms with E-state index in [1.807, 2.05) is 23.2 Å². The fraction of sp³-hybridized carbons (Fsp3) is 0.389. The SMILES string of the molecule is Cc1ccc(SC(C)C(=O)N2CCc3sccc3C2)c(C)c1. The third kappa shape index (κ3) is 3.23. The van der Waals surface area contributed by atoms with Gasteiger partial charge in [-0.25, -0.2) is 0 Å². The molecule has 4 heteroatoms. The normalized spacial score (nSPS) is 15.5. The first kappa shape index (κ1) is 15.6. The van der Waals surface area contributed by atoms with Gasteiger partial charge in [0.2, 0.25) is 5.91 Å². The highest BCUT2D eigenvalue weighted by Crippen LogP contribution is 2.30. The lowest BCUT2D eigenvalue weighted by molar-refractivity contribution is -0.131. The Kier molecular flexibility index (Phi) is 4.59. The molecule has 2 aromatic rings. The molecule has 1 aromatic heterocycles. The van der Waals surface area contributed by atoms with Crippen LogP contribution >= 0.6 is 23.1 Å². The van der Waals surface area contributed by atoms with E-state index in [1.54, 1.807) is 11.8 Å². The second-order valence-corrected chi connectivity index (χ2v) is 8.29. The Balaban J connectivity index is 1.67. The molecule has 116 valence electrons. The first-order valence-corrected chi connectivity index (χ1v) is 9.38. The third-order valence-electron chi connectivity index (χ3n) is 4.10. The minimum absolute atomic E-state index is 0.0402. The van der Waals surface area contributed by atoms with Gasteiger partial charge in [0.05, 0.1) is 5.25 Å². The van der Waals surface area contributed by atoms with Crippen LogP contribution in [0.1, 0.15) is 28.5 Å². The highest BCUT2D eigenvalue weighted by atomic mass is 32.2. The van der Waals surface area contributed by atoms with Crippen LogP contribution in [0.15, 0.2) is 34.5 Å². The summed E-state index contributed by atoms with van der Waals surface area (Å²) in [5, 5.41) is 2.09. The second-order valence-electron chi connectivity index (χ2n) is 5.91. The minimum atomic E-state index is -0.0402. The molecule has 1 unspecified atom stereocenters. The van der Waals surface area contributed by atoms with Crippen molar-refractivity contribution < 1.29 is 4.79 Å². The van der Waals surface area contributed by atoms with E-state index in [9.17, 15) is 4.79 Å². The Bertz CT molecular complexity index is 692. The van der Waals surface area contributed by atoms with Crippen LogP contribution in [-0.2, 0) is 17.8 Å². The van der Waals surface area contributed by atoms with Gasteiger partial charge in [0.25, 0.3) is 0 Å². The average Bonchev–Trinajstić information content (AvgIpc) is 2.96. The second kappa shape index (κ2) is 6.47. The summed E-state index contributed by atoms with van der Waals surface area (Å²) in [7, 11) is 0. The topological polar surface area (TPSA) is 20.3 Å². The Morgan fingerprint density at radius 2 is 2.14 bits per heavy atom. The molecule has 3 rings (SSSR count). The van der Waals surface area contributed by atoms with E-state index in [2.05, 4.69) is 43.5 Å². The summed E-state index contributed by atoms with van der Waals surface area (Å²) < 4.78 is 0. The van der Waals surface area contributed by atoms with Crippen LogP contribution in [0.25, 0.3) is 0 Å². The van der Waals surface area contributed by atoms with Gasteiger partial charge in [-0.3, -0.25) is 4.79 Å². The van der Waals surface area contributed by atoms with Crippen LogP contribution in [0.3, 0.4) is 0 Å². The fourth-order valence-electron chi connectivity index (χ4n) is 2.87. The summed E-state index contributed by atoms with van der Waals surface area (Å²) in [6.07, 6.45) is 1.000. The molecule has 1 aliphatic heterocycles. The summed E-state index contributed by atoms with van der Waals surface area (Å²) in [4.78, 5) is 17.4. The van der Waals surface area contributed by atoms with Crippen molar-refractivity contribution >= 4 is 29.0 Å². The maximum absolute atomic E-state index is 12.7. The predicted octanol–water partition coefficient (Wildman–Crippen LogP) is 4.43. The Morgan fingerprint density at radius 3 is 2.91 bits per heavy atom. The van der Waals surface area contributed by atoms with Gasteiger partial charge in [0.15, 0.2) is 0 Å². The average molecular weight is 332 g/mol. The molecule has 0 spiro atoms. The van der Waals surface area contributed by atoms with Crippen molar-refractivity contribution in [3.05, 3.63) is 51.2 Å². The molecule has 0 saturated carbocycles. The highest BCUT2D eigenvalue weighted by Gasteiger charge is 2.26. The number of thiophene rings is 1. The van der Waals surface area contributed by atoms with Crippen molar-refractivity contribution in [2.75, 3.05) is 6.54 Å². The van der Waals surface area contributed by atoms with Gasteiger partial charge in [-0.1, -0.05) is 17.7 Å². The van der Waals surface area contributed by atoms with Crippen LogP contribution < -0.4 is 0 Å². The summed E-state index contributed by atoms with van der Waals surface area (Å²) in [5.41, 5.74) is 3.85. The van der Waals surface area contributed by atoms with E-state index in [4.69, 9.17) is 0 Å². The molecule has 0 bridgehead atoms. The number of carbonyl (C=O) groups is 1. The van der Waals surface area contributed by atoms with Crippen LogP contribution in [0.2, 0.25) is 0 Å². The van der Waals surface area contributed by atoms with Crippen molar-refractivity contribution in [2.24, 2.45) is 0 Å². The van der Waals surface area contributed by atoms with Crippen LogP contribution in [-0.4, -0.2) is 22.6 Å². The number of fused-ring (bicyclic) bond motifs is 1. The molecule has 0 aliphatic carbocycles. The van der Waals surface area contributed by atoms with Gasteiger partial charge in [0, 0.05) is 22.9 Å². The zero-order valence-corrected chi connectivity index (χ0v) is 14.9. The van der Waals surface area contributed by atoms with Crippen molar-refractivity contribution in [1.29, 1.82) is 0 Å². The quantitative estimate of drug-likeness (QED) is 0.776. The van der Waals surface area contributed by atoms with Crippen LogP contribution in [0, 0.1) is 13.8 Å². The smallest absolute Gasteiger partial charge is 0.236 e. The summed E-state index contributed by atoms with van der Waals surface area (Å²) in [5.74, 6) is 0.252. The lowest BCUT2D eigenvalue weighted by atomic mass is 10.1. The van der Waals surface area contributed by atoms with Gasteiger partial charge in [0.1, 0.15) is 0 Å². The zero-order chi connectivity index (χ0) is 15.7. The van der Waals surface area contributed by atoms with Gasteiger partial charge in [-0.15, -0.1) is 23.1 Å². The van der Waals surface area contributed by atoms with Crippen LogP contribution in [0.5, 0.6) is 0 Å². The number of rotatable bonds is 3. The molecule has 22 heavy (non-hydrogen) atoms. The first-order chi connectivity index (χ1) is 10.5. The summed E-state index contributed by atoms with van der Waals surface area (Å²) in [6, 6.07) is 8.58. The number of thioether (sulfide) groups is 1. The number of aryl methyl sites for hydroxylation is 2. The molecular formula is C18H21NOS2. The van der Waals surface area contributed by atoms with Crippen molar-refractivity contribution in [2.45, 2.75) is 43.9 Å². The van der Waals surface area contributed by atoms with E-state index >= 15 is 0 Å². The van der Waals surface area contributed by atoms with E-state index in [-0.39, 0.29) is 11.2 Å². The highest BCUT2D eigenvalue weighted by molar-refractivity contribution is 8.00. The lowest BCUT2D eigenvalue weighted by Gasteiger charge is -2.29. The van der Waals surface area contributed by atoms with E-state index in [1.165, 1.54) is 26.5 Å². The number of hydrogen-bond acceptors (Lipinski definition) is 3. The number of benzene rings is 1. The Hall–Kier alpha value is -1.26. The maximum Gasteiger partial charge on any atom is 0.236 e. The fourth-order valence-corrected chi connectivity index (χ4v) is 4.78. The van der Waals surface area contributed by atoms with Crippen molar-refractivity contribution in [3.8, 4) is 0 Å². The molecule has 2 nitrogen and oxygen atoms in total. The monoisotopic (exact) mass is 331 g/mol. The first-order valence-electron chi connectivity index (χ1n) is 7.62. The summed E-state index contributed by atoms with van der Waals surface area (Å²) in [6.45, 7) is 7.86. The molecule has 1 atom stereocenters. The standard InChI is InChI=1S/C18H21NOS2/c1-12-4-5-16(13(2)10-12)22-14(3)18(20)19-8-6-17-15(11-19)7-9-21-17/h4-5,7,9-10,14H,6,8,11H2,1-3H3. The molecular weight excluding hydrogens is 310 g/mol. The molecule has 1 aliphatic rings. The van der Waals surface area contributed by atoms with Gasteiger partial charge < -0.3 is 4.90 Å². The molecule has 1 amide bonds. The molecule has 0 saturated heterocycles. The lowest BCUT2D eigenvalue weighted by Crippen LogP contribution is -2.39. The molecule has 0 N–H and O–H groups in total. The minimum Gasteiger partial charge on any atom is -0.337 e. The maximum atomic E-state index is 12.7. The molecule has 1 aromatic carbocycles. The molecule has 0 radical (unpaired) electrons. The van der Waals surface area contributed by atoms with E-state index in [0.717, 1.165) is 19.5 Å². The van der Waals surface area contributed by atoms with Gasteiger partial charge in [-0.05, 0) is 55.8 Å². The van der Waals surface area contributed by atoms with E-state index < -0.39 is 0 Å². The zero-order valence-electron chi connectivity index (χ0n) is 13.3. The number of nitrogens with zero attached hydrogens (tertiary/aromatic N) is 1. The van der Waals surface area contributed by atoms with Crippen molar-refractivity contribution in [3.63, 3.8) is 0 Å². The number of carbonyl (C=O) groups excluding carboxylic acids is 1. The number of hydrogen-bond donors (Lipinski definition) is 0. The van der Waals surface area contributed by atoms with Gasteiger partial charge in [-0.2, -0.15) is 0 Å². The van der Waals surface area contributed by atoms with Crippen molar-refractivity contribution in [1.82, 2.24) is 4.90 Å². The van der Waals surface area contributed by atoms with Crippen LogP contribution in [0.4, 0.5) is 0 Å². The molecule has 2 heterocycles. The Morgan fingerprint density at radius 1 is 1.32 bits per heavy atom. The summed E-state index contributed by atoms with van der Waals surface area (Å²) >= 11 is 3.49. The predicted molar refractivity (Wildman–Crippen MR) is 94.7 cm³/mol. The van der Waals surface area contributed by atoms with E-state index in [0.29, 0.717) is 0 Å².